The molecule has 5 heteroatoms. The van der Waals surface area contributed by atoms with Gasteiger partial charge in [0.1, 0.15) is 5.82 Å². The lowest BCUT2D eigenvalue weighted by Gasteiger charge is -2.13. The molecule has 2 rings (SSSR count). The summed E-state index contributed by atoms with van der Waals surface area (Å²) in [6.07, 6.45) is 1.83. The molecule has 0 bridgehead atoms. The van der Waals surface area contributed by atoms with Crippen molar-refractivity contribution in [3.8, 4) is 11.5 Å². The van der Waals surface area contributed by atoms with Crippen LogP contribution in [0.25, 0.3) is 11.0 Å². The minimum absolute atomic E-state index is 0.548. The third-order valence-electron chi connectivity index (χ3n) is 3.48. The van der Waals surface area contributed by atoms with Crippen LogP contribution in [0.1, 0.15) is 26.1 Å². The second-order valence-electron chi connectivity index (χ2n) is 5.62. The first-order valence-electron chi connectivity index (χ1n) is 7.41. The van der Waals surface area contributed by atoms with E-state index in [2.05, 4.69) is 18.4 Å². The van der Waals surface area contributed by atoms with Gasteiger partial charge in [0.15, 0.2) is 11.5 Å². The van der Waals surface area contributed by atoms with Gasteiger partial charge in [-0.1, -0.05) is 13.8 Å². The summed E-state index contributed by atoms with van der Waals surface area (Å²) in [6.45, 7) is 6.03. The number of aromatic nitrogens is 2. The molecule has 21 heavy (non-hydrogen) atoms. The van der Waals surface area contributed by atoms with Gasteiger partial charge in [0.05, 0.1) is 25.3 Å². The molecule has 1 aromatic carbocycles. The zero-order chi connectivity index (χ0) is 15.4. The number of imidazole rings is 1. The van der Waals surface area contributed by atoms with Gasteiger partial charge < -0.3 is 19.8 Å². The Morgan fingerprint density at radius 2 is 1.86 bits per heavy atom. The van der Waals surface area contributed by atoms with Gasteiger partial charge in [0.2, 0.25) is 0 Å². The molecule has 0 saturated carbocycles. The average Bonchev–Trinajstić information content (AvgIpc) is 2.80. The zero-order valence-corrected chi connectivity index (χ0v) is 13.3. The Kier molecular flexibility index (Phi) is 5.07. The maximum absolute atomic E-state index is 5.64. The molecule has 2 aromatic rings. The van der Waals surface area contributed by atoms with Crippen molar-refractivity contribution in [3.63, 3.8) is 0 Å². The van der Waals surface area contributed by atoms with E-state index < -0.39 is 0 Å². The molecule has 1 aromatic heterocycles. The van der Waals surface area contributed by atoms with Gasteiger partial charge in [0, 0.05) is 25.1 Å². The molecule has 0 radical (unpaired) electrons. The SMILES string of the molecule is COc1cc2nc(CCCN)n(CC(C)C)c2cc1OC. The molecule has 5 nitrogen and oxygen atoms in total. The number of aryl methyl sites for hydroxylation is 1. The Labute approximate surface area is 126 Å². The Bertz CT molecular complexity index is 605. The van der Waals surface area contributed by atoms with Crippen molar-refractivity contribution in [1.82, 2.24) is 9.55 Å². The largest absolute Gasteiger partial charge is 0.493 e. The number of hydrogen-bond acceptors (Lipinski definition) is 4. The van der Waals surface area contributed by atoms with Crippen LogP contribution in [-0.4, -0.2) is 30.3 Å². The van der Waals surface area contributed by atoms with Crippen molar-refractivity contribution in [1.29, 1.82) is 0 Å². The summed E-state index contributed by atoms with van der Waals surface area (Å²) in [5.41, 5.74) is 7.67. The first kappa shape index (κ1) is 15.6. The number of hydrogen-bond donors (Lipinski definition) is 1. The molecule has 0 unspecified atom stereocenters. The van der Waals surface area contributed by atoms with Gasteiger partial charge in [-0.3, -0.25) is 0 Å². The molecule has 0 aliphatic rings. The first-order chi connectivity index (χ1) is 10.1. The summed E-state index contributed by atoms with van der Waals surface area (Å²) < 4.78 is 13.0. The molecule has 0 spiro atoms. The smallest absolute Gasteiger partial charge is 0.163 e. The van der Waals surface area contributed by atoms with Crippen molar-refractivity contribution in [2.24, 2.45) is 11.7 Å². The molecule has 116 valence electrons. The van der Waals surface area contributed by atoms with E-state index in [0.29, 0.717) is 18.2 Å². The van der Waals surface area contributed by atoms with E-state index >= 15 is 0 Å². The maximum Gasteiger partial charge on any atom is 0.163 e. The van der Waals surface area contributed by atoms with Crippen LogP contribution in [0, 0.1) is 5.92 Å². The van der Waals surface area contributed by atoms with Crippen LogP contribution in [0.3, 0.4) is 0 Å². The second kappa shape index (κ2) is 6.80. The van der Waals surface area contributed by atoms with E-state index in [1.54, 1.807) is 14.2 Å². The van der Waals surface area contributed by atoms with E-state index in [9.17, 15) is 0 Å². The van der Waals surface area contributed by atoms with Crippen molar-refractivity contribution in [3.05, 3.63) is 18.0 Å². The number of nitrogens with zero attached hydrogens (tertiary/aromatic N) is 2. The van der Waals surface area contributed by atoms with Crippen molar-refractivity contribution >= 4 is 11.0 Å². The van der Waals surface area contributed by atoms with E-state index in [1.165, 1.54) is 0 Å². The normalized spacial score (nSPS) is 11.3. The molecular weight excluding hydrogens is 266 g/mol. The maximum atomic E-state index is 5.64. The molecule has 0 saturated heterocycles. The summed E-state index contributed by atoms with van der Waals surface area (Å²) >= 11 is 0. The van der Waals surface area contributed by atoms with Gasteiger partial charge in [-0.15, -0.1) is 0 Å². The lowest BCUT2D eigenvalue weighted by atomic mass is 10.2. The highest BCUT2D eigenvalue weighted by Crippen LogP contribution is 2.33. The van der Waals surface area contributed by atoms with Crippen LogP contribution in [0.2, 0.25) is 0 Å². The topological polar surface area (TPSA) is 62.3 Å². The molecule has 0 fully saturated rings. The fraction of sp³-hybridized carbons (Fsp3) is 0.562. The minimum Gasteiger partial charge on any atom is -0.493 e. The van der Waals surface area contributed by atoms with Gasteiger partial charge >= 0.3 is 0 Å². The Hall–Kier alpha value is -1.75. The second-order valence-corrected chi connectivity index (χ2v) is 5.62. The van der Waals surface area contributed by atoms with E-state index in [0.717, 1.165) is 42.0 Å². The van der Waals surface area contributed by atoms with Crippen molar-refractivity contribution in [2.45, 2.75) is 33.2 Å². The summed E-state index contributed by atoms with van der Waals surface area (Å²) in [6, 6.07) is 3.95. The molecule has 0 atom stereocenters. The summed E-state index contributed by atoms with van der Waals surface area (Å²) in [5.74, 6) is 3.08. The number of rotatable bonds is 7. The van der Waals surface area contributed by atoms with Crippen molar-refractivity contribution in [2.75, 3.05) is 20.8 Å². The standard InChI is InChI=1S/C16H25N3O2/c1-11(2)10-19-13-9-15(21-4)14(20-3)8-12(13)18-16(19)6-5-7-17/h8-9,11H,5-7,10,17H2,1-4H3. The lowest BCUT2D eigenvalue weighted by molar-refractivity contribution is 0.355. The number of benzene rings is 1. The summed E-state index contributed by atoms with van der Waals surface area (Å²) in [4.78, 5) is 4.76. The molecular formula is C16H25N3O2. The van der Waals surface area contributed by atoms with Crippen molar-refractivity contribution < 1.29 is 9.47 Å². The molecule has 1 heterocycles. The van der Waals surface area contributed by atoms with Gasteiger partial charge in [-0.2, -0.15) is 0 Å². The fourth-order valence-corrected chi connectivity index (χ4v) is 2.52. The monoisotopic (exact) mass is 291 g/mol. The number of ether oxygens (including phenoxy) is 2. The average molecular weight is 291 g/mol. The van der Waals surface area contributed by atoms with E-state index in [4.69, 9.17) is 20.2 Å². The Morgan fingerprint density at radius 1 is 1.19 bits per heavy atom. The minimum atomic E-state index is 0.548. The fourth-order valence-electron chi connectivity index (χ4n) is 2.52. The van der Waals surface area contributed by atoms with Crippen LogP contribution >= 0.6 is 0 Å². The predicted octanol–water partition coefficient (Wildman–Crippen LogP) is 2.60. The highest BCUT2D eigenvalue weighted by atomic mass is 16.5. The molecule has 0 aliphatic heterocycles. The molecule has 2 N–H and O–H groups in total. The van der Waals surface area contributed by atoms with Gasteiger partial charge in [-0.05, 0) is 18.9 Å². The lowest BCUT2D eigenvalue weighted by Crippen LogP contribution is -2.10. The quantitative estimate of drug-likeness (QED) is 0.851. The highest BCUT2D eigenvalue weighted by molar-refractivity contribution is 5.80. The van der Waals surface area contributed by atoms with E-state index in [1.807, 2.05) is 12.1 Å². The van der Waals surface area contributed by atoms with Gasteiger partial charge in [-0.25, -0.2) is 4.98 Å². The van der Waals surface area contributed by atoms with Crippen LogP contribution in [0.4, 0.5) is 0 Å². The highest BCUT2D eigenvalue weighted by Gasteiger charge is 2.15. The summed E-state index contributed by atoms with van der Waals surface area (Å²) in [5, 5.41) is 0. The van der Waals surface area contributed by atoms with Crippen LogP contribution in [0.5, 0.6) is 11.5 Å². The first-order valence-corrected chi connectivity index (χ1v) is 7.41. The van der Waals surface area contributed by atoms with Crippen LogP contribution < -0.4 is 15.2 Å². The third-order valence-corrected chi connectivity index (χ3v) is 3.48. The number of nitrogens with two attached hydrogens (primary N) is 1. The molecule has 0 aliphatic carbocycles. The number of methoxy groups -OCH3 is 2. The summed E-state index contributed by atoms with van der Waals surface area (Å²) in [7, 11) is 3.30. The Balaban J connectivity index is 2.56. The molecule has 0 amide bonds. The van der Waals surface area contributed by atoms with E-state index in [-0.39, 0.29) is 0 Å². The predicted molar refractivity (Wildman–Crippen MR) is 85.1 cm³/mol. The Morgan fingerprint density at radius 3 is 2.43 bits per heavy atom. The number of fused-ring (bicyclic) bond motifs is 1. The van der Waals surface area contributed by atoms with Gasteiger partial charge in [0.25, 0.3) is 0 Å². The van der Waals surface area contributed by atoms with Crippen LogP contribution in [-0.2, 0) is 13.0 Å². The third kappa shape index (κ3) is 3.29. The zero-order valence-electron chi connectivity index (χ0n) is 13.3. The van der Waals surface area contributed by atoms with Crippen LogP contribution in [0.15, 0.2) is 12.1 Å².